The molecule has 23 heavy (non-hydrogen) atoms. The molecule has 0 radical (unpaired) electrons. The molecule has 1 aliphatic heterocycles. The van der Waals surface area contributed by atoms with Crippen molar-refractivity contribution in [2.45, 2.75) is 46.0 Å². The highest BCUT2D eigenvalue weighted by atomic mass is 32.1. The quantitative estimate of drug-likeness (QED) is 0.802. The zero-order valence-corrected chi connectivity index (χ0v) is 14.9. The second-order valence-electron chi connectivity index (χ2n) is 6.32. The molecule has 1 aromatic carbocycles. The van der Waals surface area contributed by atoms with Crippen LogP contribution in [-0.4, -0.2) is 24.1 Å². The van der Waals surface area contributed by atoms with Crippen LogP contribution < -0.4 is 15.5 Å². The first-order valence-corrected chi connectivity index (χ1v) is 8.95. The van der Waals surface area contributed by atoms with Gasteiger partial charge in [-0.2, -0.15) is 0 Å². The van der Waals surface area contributed by atoms with Crippen LogP contribution in [-0.2, 0) is 4.79 Å². The van der Waals surface area contributed by atoms with E-state index < -0.39 is 0 Å². The zero-order chi connectivity index (χ0) is 16.7. The molecule has 0 bridgehead atoms. The molecule has 0 spiro atoms. The molecule has 0 aliphatic carbocycles. The lowest BCUT2D eigenvalue weighted by atomic mass is 9.99. The molecule has 1 heterocycles. The van der Waals surface area contributed by atoms with Crippen molar-refractivity contribution in [3.05, 3.63) is 24.3 Å². The maximum absolute atomic E-state index is 11.6. The number of nitrogens with zero attached hydrogens (tertiary/aromatic N) is 1. The van der Waals surface area contributed by atoms with Crippen molar-refractivity contribution >= 4 is 34.6 Å². The summed E-state index contributed by atoms with van der Waals surface area (Å²) < 4.78 is 0. The van der Waals surface area contributed by atoms with E-state index in [-0.39, 0.29) is 5.91 Å². The summed E-state index contributed by atoms with van der Waals surface area (Å²) in [6, 6.07) is 8.25. The number of piperidine rings is 1. The smallest absolute Gasteiger partial charge is 0.226 e. The molecule has 0 saturated carbocycles. The van der Waals surface area contributed by atoms with Gasteiger partial charge in [-0.3, -0.25) is 4.79 Å². The van der Waals surface area contributed by atoms with Crippen molar-refractivity contribution in [3.8, 4) is 0 Å². The Kier molecular flexibility index (Phi) is 6.84. The van der Waals surface area contributed by atoms with E-state index >= 15 is 0 Å². The number of anilines is 2. The average molecular weight is 334 g/mol. The summed E-state index contributed by atoms with van der Waals surface area (Å²) >= 11 is 5.18. The van der Waals surface area contributed by atoms with E-state index in [0.717, 1.165) is 37.5 Å². The fourth-order valence-corrected chi connectivity index (χ4v) is 2.94. The van der Waals surface area contributed by atoms with Crippen LogP contribution in [0.1, 0.15) is 46.0 Å². The summed E-state index contributed by atoms with van der Waals surface area (Å²) in [6.07, 6.45) is 4.92. The Labute approximate surface area is 144 Å². The van der Waals surface area contributed by atoms with E-state index in [0.29, 0.717) is 11.5 Å². The minimum absolute atomic E-state index is 0.0246. The lowest BCUT2D eigenvalue weighted by molar-refractivity contribution is -0.119. The number of rotatable bonds is 5. The molecule has 1 amide bonds. The standard InChI is InChI=1S/C18H27N3OS/c1-3-4-5-17(22)20-18(23)19-15-6-8-16(9-7-15)21-12-10-14(2)11-13-21/h6-9,14H,3-5,10-13H2,1-2H3,(H2,19,20,22,23). The predicted molar refractivity (Wildman–Crippen MR) is 101 cm³/mol. The van der Waals surface area contributed by atoms with E-state index in [1.807, 2.05) is 12.1 Å². The summed E-state index contributed by atoms with van der Waals surface area (Å²) in [5.41, 5.74) is 2.15. The molecule has 2 rings (SSSR count). The highest BCUT2D eigenvalue weighted by Crippen LogP contribution is 2.24. The number of nitrogens with one attached hydrogen (secondary N) is 2. The number of unbranched alkanes of at least 4 members (excludes halogenated alkanes) is 1. The van der Waals surface area contributed by atoms with Gasteiger partial charge >= 0.3 is 0 Å². The molecule has 5 heteroatoms. The number of carbonyl (C=O) groups excluding carboxylic acids is 1. The van der Waals surface area contributed by atoms with Crippen molar-refractivity contribution in [2.75, 3.05) is 23.3 Å². The lowest BCUT2D eigenvalue weighted by Crippen LogP contribution is -2.34. The highest BCUT2D eigenvalue weighted by Gasteiger charge is 2.15. The van der Waals surface area contributed by atoms with E-state index in [9.17, 15) is 4.79 Å². The molecule has 2 N–H and O–H groups in total. The van der Waals surface area contributed by atoms with Gasteiger partial charge in [0, 0.05) is 30.9 Å². The van der Waals surface area contributed by atoms with Gasteiger partial charge in [0.2, 0.25) is 5.91 Å². The number of benzene rings is 1. The van der Waals surface area contributed by atoms with E-state index in [2.05, 4.69) is 41.5 Å². The first-order valence-electron chi connectivity index (χ1n) is 8.54. The monoisotopic (exact) mass is 333 g/mol. The van der Waals surface area contributed by atoms with Crippen LogP contribution >= 0.6 is 12.2 Å². The minimum Gasteiger partial charge on any atom is -0.372 e. The molecule has 4 nitrogen and oxygen atoms in total. The van der Waals surface area contributed by atoms with Crippen molar-refractivity contribution in [3.63, 3.8) is 0 Å². The Morgan fingerprint density at radius 2 is 1.91 bits per heavy atom. The molecular weight excluding hydrogens is 306 g/mol. The van der Waals surface area contributed by atoms with Crippen molar-refractivity contribution < 1.29 is 4.79 Å². The van der Waals surface area contributed by atoms with Crippen LogP contribution in [0.2, 0.25) is 0 Å². The zero-order valence-electron chi connectivity index (χ0n) is 14.1. The number of hydrogen-bond acceptors (Lipinski definition) is 3. The van der Waals surface area contributed by atoms with Gasteiger partial charge in [-0.15, -0.1) is 0 Å². The molecule has 1 aromatic rings. The van der Waals surface area contributed by atoms with Gasteiger partial charge in [0.05, 0.1) is 0 Å². The molecule has 126 valence electrons. The van der Waals surface area contributed by atoms with Crippen molar-refractivity contribution in [1.29, 1.82) is 0 Å². The van der Waals surface area contributed by atoms with Crippen LogP contribution in [0, 0.1) is 5.92 Å². The summed E-state index contributed by atoms with van der Waals surface area (Å²) in [7, 11) is 0. The van der Waals surface area contributed by atoms with Crippen LogP contribution in [0.3, 0.4) is 0 Å². The van der Waals surface area contributed by atoms with Crippen molar-refractivity contribution in [1.82, 2.24) is 5.32 Å². The largest absolute Gasteiger partial charge is 0.372 e. The Morgan fingerprint density at radius 3 is 2.52 bits per heavy atom. The normalized spacial score (nSPS) is 15.3. The Hall–Kier alpha value is -1.62. The van der Waals surface area contributed by atoms with Gasteiger partial charge in [0.25, 0.3) is 0 Å². The van der Waals surface area contributed by atoms with Crippen LogP contribution in [0.15, 0.2) is 24.3 Å². The Bertz CT molecular complexity index is 522. The third kappa shape index (κ3) is 5.82. The molecule has 1 aliphatic rings. The maximum atomic E-state index is 11.6. The molecule has 1 fully saturated rings. The van der Waals surface area contributed by atoms with Crippen LogP contribution in [0.25, 0.3) is 0 Å². The molecule has 0 aromatic heterocycles. The summed E-state index contributed by atoms with van der Waals surface area (Å²) in [5.74, 6) is 0.810. The summed E-state index contributed by atoms with van der Waals surface area (Å²) in [4.78, 5) is 14.1. The average Bonchev–Trinajstić information content (AvgIpc) is 2.54. The maximum Gasteiger partial charge on any atom is 0.226 e. The van der Waals surface area contributed by atoms with E-state index in [1.165, 1.54) is 18.5 Å². The first kappa shape index (κ1) is 17.7. The third-order valence-corrected chi connectivity index (χ3v) is 4.49. The van der Waals surface area contributed by atoms with Crippen molar-refractivity contribution in [2.24, 2.45) is 5.92 Å². The van der Waals surface area contributed by atoms with Gasteiger partial charge in [0.15, 0.2) is 5.11 Å². The molecule has 0 atom stereocenters. The SMILES string of the molecule is CCCCC(=O)NC(=S)Nc1ccc(N2CCC(C)CC2)cc1. The number of hydrogen-bond donors (Lipinski definition) is 2. The molecule has 1 saturated heterocycles. The molecular formula is C18H27N3OS. The molecule has 0 unspecified atom stereocenters. The van der Waals surface area contributed by atoms with E-state index in [4.69, 9.17) is 12.2 Å². The Morgan fingerprint density at radius 1 is 1.26 bits per heavy atom. The summed E-state index contributed by atoms with van der Waals surface area (Å²) in [6.45, 7) is 6.63. The Balaban J connectivity index is 1.82. The van der Waals surface area contributed by atoms with Gasteiger partial charge < -0.3 is 15.5 Å². The third-order valence-electron chi connectivity index (χ3n) is 4.28. The fourth-order valence-electron chi connectivity index (χ4n) is 2.71. The first-order chi connectivity index (χ1) is 11.1. The van der Waals surface area contributed by atoms with Gasteiger partial charge in [-0.05, 0) is 61.7 Å². The van der Waals surface area contributed by atoms with Crippen LogP contribution in [0.5, 0.6) is 0 Å². The minimum atomic E-state index is -0.0246. The van der Waals surface area contributed by atoms with E-state index in [1.54, 1.807) is 0 Å². The number of carbonyl (C=O) groups is 1. The van der Waals surface area contributed by atoms with Gasteiger partial charge in [0.1, 0.15) is 0 Å². The topological polar surface area (TPSA) is 44.4 Å². The van der Waals surface area contributed by atoms with Gasteiger partial charge in [-0.25, -0.2) is 0 Å². The number of thiocarbonyl (C=S) groups is 1. The second kappa shape index (κ2) is 8.87. The highest BCUT2D eigenvalue weighted by molar-refractivity contribution is 7.80. The predicted octanol–water partition coefficient (Wildman–Crippen LogP) is 3.93. The van der Waals surface area contributed by atoms with Crippen LogP contribution in [0.4, 0.5) is 11.4 Å². The summed E-state index contributed by atoms with van der Waals surface area (Å²) in [5, 5.41) is 6.15. The van der Waals surface area contributed by atoms with Gasteiger partial charge in [-0.1, -0.05) is 20.3 Å². The second-order valence-corrected chi connectivity index (χ2v) is 6.73. The lowest BCUT2D eigenvalue weighted by Gasteiger charge is -2.32. The fraction of sp³-hybridized carbons (Fsp3) is 0.556. The number of amides is 1.